The fourth-order valence-corrected chi connectivity index (χ4v) is 3.01. The van der Waals surface area contributed by atoms with E-state index in [2.05, 4.69) is 59.3 Å². The highest BCUT2D eigenvalue weighted by Gasteiger charge is 2.13. The summed E-state index contributed by atoms with van der Waals surface area (Å²) < 4.78 is 5.42. The van der Waals surface area contributed by atoms with Gasteiger partial charge in [-0.05, 0) is 30.1 Å². The van der Waals surface area contributed by atoms with E-state index in [0.29, 0.717) is 5.92 Å². The lowest BCUT2D eigenvalue weighted by Crippen LogP contribution is -2.43. The molecule has 5 heteroatoms. The van der Waals surface area contributed by atoms with Crippen LogP contribution in [-0.4, -0.2) is 60.8 Å². The summed E-state index contributed by atoms with van der Waals surface area (Å²) in [6.45, 7) is 12.1. The van der Waals surface area contributed by atoms with Crippen molar-refractivity contribution in [1.29, 1.82) is 0 Å². The third kappa shape index (κ3) is 7.16. The van der Waals surface area contributed by atoms with Gasteiger partial charge in [0, 0.05) is 39.3 Å². The Balaban J connectivity index is 1.84. The predicted octanol–water partition coefficient (Wildman–Crippen LogP) is 2.74. The van der Waals surface area contributed by atoms with E-state index in [1.807, 2.05) is 0 Å². The minimum Gasteiger partial charge on any atom is -0.379 e. The van der Waals surface area contributed by atoms with Gasteiger partial charge < -0.3 is 15.0 Å². The number of ether oxygens (including phenoxy) is 1. The molecule has 134 valence electrons. The van der Waals surface area contributed by atoms with E-state index in [9.17, 15) is 0 Å². The second-order valence-corrected chi connectivity index (χ2v) is 7.18. The molecule has 1 fully saturated rings. The number of nitrogens with one attached hydrogen (secondary N) is 1. The molecule has 4 nitrogen and oxygen atoms in total. The number of nitrogens with zero attached hydrogens (tertiary/aromatic N) is 2. The Morgan fingerprint density at radius 1 is 1.25 bits per heavy atom. The topological polar surface area (TPSA) is 27.7 Å². The first-order valence-corrected chi connectivity index (χ1v) is 9.43. The molecule has 1 aromatic rings. The molecule has 2 rings (SSSR count). The molecule has 1 N–H and O–H groups in total. The molecule has 0 atom stereocenters. The number of rotatable bonds is 8. The lowest BCUT2D eigenvalue weighted by molar-refractivity contribution is 0.0367. The Bertz CT molecular complexity index is 475. The van der Waals surface area contributed by atoms with Gasteiger partial charge in [0.05, 0.1) is 13.2 Å². The van der Waals surface area contributed by atoms with Crippen LogP contribution in [0.5, 0.6) is 0 Å². The first kappa shape index (κ1) is 19.2. The Hall–Kier alpha value is -1.17. The van der Waals surface area contributed by atoms with Crippen molar-refractivity contribution in [2.24, 2.45) is 5.92 Å². The normalized spacial score (nSPS) is 15.5. The van der Waals surface area contributed by atoms with E-state index in [4.69, 9.17) is 17.0 Å². The van der Waals surface area contributed by atoms with Crippen LogP contribution in [0.3, 0.4) is 0 Å². The van der Waals surface area contributed by atoms with Crippen LogP contribution in [0.1, 0.15) is 25.8 Å². The van der Waals surface area contributed by atoms with Gasteiger partial charge in [-0.2, -0.15) is 0 Å². The molecule has 1 aliphatic rings. The largest absolute Gasteiger partial charge is 0.379 e. The maximum absolute atomic E-state index is 5.64. The van der Waals surface area contributed by atoms with Crippen LogP contribution in [0, 0.1) is 5.92 Å². The van der Waals surface area contributed by atoms with Gasteiger partial charge in [-0.3, -0.25) is 4.90 Å². The minimum atomic E-state index is 0.592. The summed E-state index contributed by atoms with van der Waals surface area (Å²) in [7, 11) is 0. The van der Waals surface area contributed by atoms with Crippen LogP contribution in [0.2, 0.25) is 0 Å². The van der Waals surface area contributed by atoms with E-state index < -0.39 is 0 Å². The molecule has 0 aromatic heterocycles. The number of hydrogen-bond donors (Lipinski definition) is 1. The standard InChI is InChI=1S/C19H31N3OS/c1-17(2)15-20-19(24)22(16-18-7-4-3-5-8-18)10-6-9-21-11-13-23-14-12-21/h3-5,7-8,17H,6,9-16H2,1-2H3,(H,20,24). The van der Waals surface area contributed by atoms with Crippen LogP contribution in [0.4, 0.5) is 0 Å². The molecule has 1 aliphatic heterocycles. The molecule has 1 saturated heterocycles. The Morgan fingerprint density at radius 2 is 1.96 bits per heavy atom. The molecule has 0 bridgehead atoms. The van der Waals surface area contributed by atoms with Crippen LogP contribution in [0.15, 0.2) is 30.3 Å². The minimum absolute atomic E-state index is 0.592. The van der Waals surface area contributed by atoms with Crippen molar-refractivity contribution in [3.05, 3.63) is 35.9 Å². The molecule has 0 unspecified atom stereocenters. The van der Waals surface area contributed by atoms with Crippen molar-refractivity contribution in [2.45, 2.75) is 26.8 Å². The van der Waals surface area contributed by atoms with Gasteiger partial charge in [-0.25, -0.2) is 0 Å². The number of hydrogen-bond acceptors (Lipinski definition) is 3. The van der Waals surface area contributed by atoms with Crippen LogP contribution >= 0.6 is 12.2 Å². The van der Waals surface area contributed by atoms with Gasteiger partial charge in [0.2, 0.25) is 0 Å². The molecular weight excluding hydrogens is 318 g/mol. The van der Waals surface area contributed by atoms with E-state index in [0.717, 1.165) is 64.0 Å². The van der Waals surface area contributed by atoms with E-state index in [1.165, 1.54) is 5.56 Å². The molecule has 0 saturated carbocycles. The van der Waals surface area contributed by atoms with Crippen molar-refractivity contribution in [2.75, 3.05) is 45.9 Å². The zero-order valence-electron chi connectivity index (χ0n) is 15.0. The van der Waals surface area contributed by atoms with Crippen molar-refractivity contribution < 1.29 is 4.74 Å². The monoisotopic (exact) mass is 349 g/mol. The molecule has 24 heavy (non-hydrogen) atoms. The SMILES string of the molecule is CC(C)CNC(=S)N(CCCN1CCOCC1)Cc1ccccc1. The Kier molecular flexibility index (Phi) is 8.50. The van der Waals surface area contributed by atoms with E-state index in [-0.39, 0.29) is 0 Å². The van der Waals surface area contributed by atoms with E-state index in [1.54, 1.807) is 0 Å². The maximum atomic E-state index is 5.64. The van der Waals surface area contributed by atoms with Crippen LogP contribution in [0.25, 0.3) is 0 Å². The predicted molar refractivity (Wildman–Crippen MR) is 104 cm³/mol. The first-order valence-electron chi connectivity index (χ1n) is 9.02. The highest BCUT2D eigenvalue weighted by Crippen LogP contribution is 2.07. The van der Waals surface area contributed by atoms with Gasteiger partial charge in [0.25, 0.3) is 0 Å². The summed E-state index contributed by atoms with van der Waals surface area (Å²) in [6.07, 6.45) is 1.12. The number of benzene rings is 1. The second-order valence-electron chi connectivity index (χ2n) is 6.79. The van der Waals surface area contributed by atoms with Crippen LogP contribution in [-0.2, 0) is 11.3 Å². The maximum Gasteiger partial charge on any atom is 0.169 e. The lowest BCUT2D eigenvalue weighted by atomic mass is 10.2. The summed E-state index contributed by atoms with van der Waals surface area (Å²) in [4.78, 5) is 4.78. The van der Waals surface area contributed by atoms with Crippen molar-refractivity contribution in [3.8, 4) is 0 Å². The second kappa shape index (κ2) is 10.6. The summed E-state index contributed by atoms with van der Waals surface area (Å²) in [6, 6.07) is 10.6. The van der Waals surface area contributed by atoms with Gasteiger partial charge in [0.1, 0.15) is 0 Å². The van der Waals surface area contributed by atoms with Crippen molar-refractivity contribution >= 4 is 17.3 Å². The zero-order chi connectivity index (χ0) is 17.2. The summed E-state index contributed by atoms with van der Waals surface area (Å²) in [5, 5.41) is 4.28. The van der Waals surface area contributed by atoms with E-state index >= 15 is 0 Å². The molecule has 0 aliphatic carbocycles. The first-order chi connectivity index (χ1) is 11.6. The smallest absolute Gasteiger partial charge is 0.169 e. The molecule has 0 amide bonds. The Morgan fingerprint density at radius 3 is 2.62 bits per heavy atom. The van der Waals surface area contributed by atoms with Gasteiger partial charge in [-0.15, -0.1) is 0 Å². The third-order valence-corrected chi connectivity index (χ3v) is 4.57. The third-order valence-electron chi connectivity index (χ3n) is 4.17. The van der Waals surface area contributed by atoms with Gasteiger partial charge >= 0.3 is 0 Å². The fraction of sp³-hybridized carbons (Fsp3) is 0.632. The zero-order valence-corrected chi connectivity index (χ0v) is 15.9. The van der Waals surface area contributed by atoms with Crippen molar-refractivity contribution in [3.63, 3.8) is 0 Å². The van der Waals surface area contributed by atoms with Crippen molar-refractivity contribution in [1.82, 2.24) is 15.1 Å². The average Bonchev–Trinajstić information content (AvgIpc) is 2.60. The van der Waals surface area contributed by atoms with Gasteiger partial charge in [0.15, 0.2) is 5.11 Å². The summed E-state index contributed by atoms with van der Waals surface area (Å²) in [5.41, 5.74) is 1.30. The Labute approximate surface area is 152 Å². The summed E-state index contributed by atoms with van der Waals surface area (Å²) in [5.74, 6) is 0.592. The van der Waals surface area contributed by atoms with Crippen LogP contribution < -0.4 is 5.32 Å². The lowest BCUT2D eigenvalue weighted by Gasteiger charge is -2.30. The number of morpholine rings is 1. The fourth-order valence-electron chi connectivity index (χ4n) is 2.77. The molecule has 1 heterocycles. The molecule has 1 aromatic carbocycles. The highest BCUT2D eigenvalue weighted by atomic mass is 32.1. The summed E-state index contributed by atoms with van der Waals surface area (Å²) >= 11 is 5.64. The van der Waals surface area contributed by atoms with Gasteiger partial charge in [-0.1, -0.05) is 44.2 Å². The molecule has 0 radical (unpaired) electrons. The average molecular weight is 350 g/mol. The molecular formula is C19H31N3OS. The quantitative estimate of drug-likeness (QED) is 0.729. The number of thiocarbonyl (C=S) groups is 1. The highest BCUT2D eigenvalue weighted by molar-refractivity contribution is 7.80. The molecule has 0 spiro atoms.